The van der Waals surface area contributed by atoms with Gasteiger partial charge in [0.05, 0.1) is 17.1 Å². The summed E-state index contributed by atoms with van der Waals surface area (Å²) >= 11 is 0. The molecule has 3 aromatic rings. The van der Waals surface area contributed by atoms with Gasteiger partial charge in [0, 0.05) is 30.6 Å². The molecule has 2 heterocycles. The minimum Gasteiger partial charge on any atom is -0.480 e. The zero-order chi connectivity index (χ0) is 19.0. The fourth-order valence-electron chi connectivity index (χ4n) is 3.39. The van der Waals surface area contributed by atoms with E-state index in [-0.39, 0.29) is 11.6 Å². The van der Waals surface area contributed by atoms with E-state index in [2.05, 4.69) is 15.3 Å². The van der Waals surface area contributed by atoms with Crippen LogP contribution in [0.15, 0.2) is 48.8 Å². The second kappa shape index (κ2) is 6.70. The van der Waals surface area contributed by atoms with E-state index in [1.54, 1.807) is 44.4 Å². The SMILES string of the molecule is CC1(C)Oc2cc3nccnc3cc2[C@H](NCCc2ccccc2F)C1=O. The van der Waals surface area contributed by atoms with Crippen molar-refractivity contribution >= 4 is 16.8 Å². The summed E-state index contributed by atoms with van der Waals surface area (Å²) in [6.45, 7) is 3.97. The van der Waals surface area contributed by atoms with Gasteiger partial charge in [0.1, 0.15) is 11.6 Å². The van der Waals surface area contributed by atoms with Crippen LogP contribution >= 0.6 is 0 Å². The van der Waals surface area contributed by atoms with Crippen LogP contribution in [-0.4, -0.2) is 27.9 Å². The number of hydrogen-bond donors (Lipinski definition) is 1. The van der Waals surface area contributed by atoms with Crippen LogP contribution in [0.1, 0.15) is 31.0 Å². The predicted molar refractivity (Wildman–Crippen MR) is 100 cm³/mol. The molecular formula is C21H20FN3O2. The maximum absolute atomic E-state index is 13.8. The van der Waals surface area contributed by atoms with Crippen molar-refractivity contribution in [3.63, 3.8) is 0 Å². The molecule has 0 fully saturated rings. The quantitative estimate of drug-likeness (QED) is 0.768. The van der Waals surface area contributed by atoms with Gasteiger partial charge in [-0.1, -0.05) is 18.2 Å². The van der Waals surface area contributed by atoms with Crippen molar-refractivity contribution in [3.8, 4) is 5.75 Å². The van der Waals surface area contributed by atoms with Crippen LogP contribution in [0, 0.1) is 5.82 Å². The van der Waals surface area contributed by atoms with E-state index in [1.165, 1.54) is 6.07 Å². The number of halogens is 1. The second-order valence-corrected chi connectivity index (χ2v) is 7.14. The molecule has 0 saturated heterocycles. The number of carbonyl (C=O) groups excluding carboxylic acids is 1. The average molecular weight is 365 g/mol. The largest absolute Gasteiger partial charge is 0.480 e. The van der Waals surface area contributed by atoms with Crippen LogP contribution in [0.5, 0.6) is 5.75 Å². The molecule has 0 radical (unpaired) electrons. The number of hydrogen-bond acceptors (Lipinski definition) is 5. The highest BCUT2D eigenvalue weighted by Gasteiger charge is 2.42. The van der Waals surface area contributed by atoms with Crippen LogP contribution in [-0.2, 0) is 11.2 Å². The zero-order valence-electron chi connectivity index (χ0n) is 15.2. The first-order valence-electron chi connectivity index (χ1n) is 8.90. The van der Waals surface area contributed by atoms with Gasteiger partial charge in [-0.3, -0.25) is 14.8 Å². The van der Waals surface area contributed by atoms with Gasteiger partial charge < -0.3 is 10.1 Å². The normalized spacial score (nSPS) is 18.2. The van der Waals surface area contributed by atoms with Crippen molar-refractivity contribution in [1.82, 2.24) is 15.3 Å². The van der Waals surface area contributed by atoms with Crippen LogP contribution in [0.2, 0.25) is 0 Å². The van der Waals surface area contributed by atoms with E-state index >= 15 is 0 Å². The van der Waals surface area contributed by atoms with Crippen LogP contribution in [0.25, 0.3) is 11.0 Å². The van der Waals surface area contributed by atoms with Gasteiger partial charge >= 0.3 is 0 Å². The Morgan fingerprint density at radius 1 is 1.15 bits per heavy atom. The minimum absolute atomic E-state index is 0.0632. The molecule has 1 N–H and O–H groups in total. The summed E-state index contributed by atoms with van der Waals surface area (Å²) < 4.78 is 19.8. The van der Waals surface area contributed by atoms with E-state index < -0.39 is 11.6 Å². The van der Waals surface area contributed by atoms with Crippen molar-refractivity contribution in [2.75, 3.05) is 6.54 Å². The topological polar surface area (TPSA) is 64.1 Å². The molecule has 1 aliphatic heterocycles. The standard InChI is InChI=1S/C21H20FN3O2/c1-21(2)20(26)19(25-8-7-13-5-3-4-6-15(13)22)14-11-16-17(12-18(14)27-21)24-10-9-23-16/h3-6,9-12,19,25H,7-8H2,1-2H3/t19-/m0/s1. The molecule has 27 heavy (non-hydrogen) atoms. The third kappa shape index (κ3) is 3.28. The number of ketones is 1. The summed E-state index contributed by atoms with van der Waals surface area (Å²) in [6.07, 6.45) is 3.73. The lowest BCUT2D eigenvalue weighted by Crippen LogP contribution is -2.49. The molecule has 0 amide bonds. The third-order valence-corrected chi connectivity index (χ3v) is 4.83. The molecule has 1 atom stereocenters. The predicted octanol–water partition coefficient (Wildman–Crippen LogP) is 3.38. The Morgan fingerprint density at radius 3 is 2.59 bits per heavy atom. The summed E-state index contributed by atoms with van der Waals surface area (Å²) in [5.74, 6) is 0.322. The van der Waals surface area contributed by atoms with Gasteiger partial charge in [-0.25, -0.2) is 4.39 Å². The minimum atomic E-state index is -0.960. The summed E-state index contributed by atoms with van der Waals surface area (Å²) in [5.41, 5.74) is 1.81. The van der Waals surface area contributed by atoms with Crippen molar-refractivity contribution in [2.45, 2.75) is 31.9 Å². The van der Waals surface area contributed by atoms with E-state index in [1.807, 2.05) is 12.1 Å². The van der Waals surface area contributed by atoms with Gasteiger partial charge in [-0.05, 0) is 38.0 Å². The van der Waals surface area contributed by atoms with Gasteiger partial charge in [0.2, 0.25) is 0 Å². The molecule has 0 unspecified atom stereocenters. The van der Waals surface area contributed by atoms with E-state index in [4.69, 9.17) is 4.74 Å². The smallest absolute Gasteiger partial charge is 0.197 e. The maximum atomic E-state index is 13.8. The number of nitrogens with one attached hydrogen (secondary N) is 1. The lowest BCUT2D eigenvalue weighted by atomic mass is 9.87. The number of rotatable bonds is 4. The summed E-state index contributed by atoms with van der Waals surface area (Å²) in [6, 6.07) is 9.78. The van der Waals surface area contributed by atoms with Crippen LogP contribution in [0.3, 0.4) is 0 Å². The molecule has 6 heteroatoms. The van der Waals surface area contributed by atoms with E-state index in [0.717, 1.165) is 5.56 Å². The van der Waals surface area contributed by atoms with Gasteiger partial charge in [0.25, 0.3) is 0 Å². The molecule has 138 valence electrons. The number of aromatic nitrogens is 2. The average Bonchev–Trinajstić information content (AvgIpc) is 2.65. The zero-order valence-corrected chi connectivity index (χ0v) is 15.2. The van der Waals surface area contributed by atoms with Crippen molar-refractivity contribution in [1.29, 1.82) is 0 Å². The number of nitrogens with zero attached hydrogens (tertiary/aromatic N) is 2. The summed E-state index contributed by atoms with van der Waals surface area (Å²) in [7, 11) is 0. The second-order valence-electron chi connectivity index (χ2n) is 7.14. The Bertz CT molecular complexity index is 1020. The Morgan fingerprint density at radius 2 is 1.85 bits per heavy atom. The fraction of sp³-hybridized carbons (Fsp3) is 0.286. The highest BCUT2D eigenvalue weighted by atomic mass is 19.1. The van der Waals surface area contributed by atoms with Crippen molar-refractivity contribution in [2.24, 2.45) is 0 Å². The number of benzene rings is 2. The number of carbonyl (C=O) groups is 1. The first kappa shape index (κ1) is 17.5. The van der Waals surface area contributed by atoms with Crippen molar-refractivity contribution < 1.29 is 13.9 Å². The van der Waals surface area contributed by atoms with Crippen LogP contribution < -0.4 is 10.1 Å². The van der Waals surface area contributed by atoms with E-state index in [0.29, 0.717) is 35.3 Å². The fourth-order valence-corrected chi connectivity index (χ4v) is 3.39. The van der Waals surface area contributed by atoms with E-state index in [9.17, 15) is 9.18 Å². The molecule has 0 saturated carbocycles. The molecule has 5 nitrogen and oxygen atoms in total. The summed E-state index contributed by atoms with van der Waals surface area (Å²) in [5, 5.41) is 3.28. The molecule has 1 aliphatic rings. The highest BCUT2D eigenvalue weighted by Crippen LogP contribution is 2.38. The molecular weight excluding hydrogens is 345 g/mol. The summed E-state index contributed by atoms with van der Waals surface area (Å²) in [4.78, 5) is 21.6. The van der Waals surface area contributed by atoms with Gasteiger partial charge in [0.15, 0.2) is 11.4 Å². The van der Waals surface area contributed by atoms with Gasteiger partial charge in [-0.15, -0.1) is 0 Å². The number of Topliss-reactive ketones (excluding diaryl/α,β-unsaturated/α-hetero) is 1. The molecule has 4 rings (SSSR count). The molecule has 0 aliphatic carbocycles. The Kier molecular flexibility index (Phi) is 4.36. The third-order valence-electron chi connectivity index (χ3n) is 4.83. The Hall–Kier alpha value is -2.86. The maximum Gasteiger partial charge on any atom is 0.197 e. The lowest BCUT2D eigenvalue weighted by molar-refractivity contribution is -0.136. The molecule has 0 spiro atoms. The number of fused-ring (bicyclic) bond motifs is 2. The van der Waals surface area contributed by atoms with Crippen LogP contribution in [0.4, 0.5) is 4.39 Å². The van der Waals surface area contributed by atoms with Gasteiger partial charge in [-0.2, -0.15) is 0 Å². The van der Waals surface area contributed by atoms with Crippen molar-refractivity contribution in [3.05, 3.63) is 65.7 Å². The molecule has 0 bridgehead atoms. The lowest BCUT2D eigenvalue weighted by Gasteiger charge is -2.36. The molecule has 1 aromatic heterocycles. The number of ether oxygens (including phenoxy) is 1. The molecule has 2 aromatic carbocycles. The first-order valence-corrected chi connectivity index (χ1v) is 8.90. The monoisotopic (exact) mass is 365 g/mol. The first-order chi connectivity index (χ1) is 13.0. The Labute approximate surface area is 156 Å². The highest BCUT2D eigenvalue weighted by molar-refractivity contribution is 5.96. The Balaban J connectivity index is 1.64.